The summed E-state index contributed by atoms with van der Waals surface area (Å²) in [5.74, 6) is 1.72. The first-order valence-corrected chi connectivity index (χ1v) is 9.27. The monoisotopic (exact) mass is 400 g/mol. The van der Waals surface area contributed by atoms with Gasteiger partial charge in [-0.3, -0.25) is 0 Å². The SMILES string of the molecule is COc1ccc(SCCCNC(=S)Nc2cccc(C(F)(F)F)c2)cc1. The average Bonchev–Trinajstić information content (AvgIpc) is 2.61. The van der Waals surface area contributed by atoms with Crippen molar-refractivity contribution in [3.63, 3.8) is 0 Å². The molecule has 0 heterocycles. The van der Waals surface area contributed by atoms with Crippen molar-refractivity contribution in [2.75, 3.05) is 24.7 Å². The minimum absolute atomic E-state index is 0.304. The van der Waals surface area contributed by atoms with E-state index in [1.54, 1.807) is 24.9 Å². The molecule has 0 aliphatic rings. The lowest BCUT2D eigenvalue weighted by atomic mass is 10.2. The second-order valence-corrected chi connectivity index (χ2v) is 6.91. The van der Waals surface area contributed by atoms with Crippen molar-refractivity contribution in [3.05, 3.63) is 54.1 Å². The maximum Gasteiger partial charge on any atom is 0.416 e. The summed E-state index contributed by atoms with van der Waals surface area (Å²) in [6.07, 6.45) is -3.51. The van der Waals surface area contributed by atoms with Crippen LogP contribution in [-0.4, -0.2) is 24.5 Å². The van der Waals surface area contributed by atoms with E-state index in [0.29, 0.717) is 17.3 Å². The van der Waals surface area contributed by atoms with E-state index < -0.39 is 11.7 Å². The summed E-state index contributed by atoms with van der Waals surface area (Å²) in [6.45, 7) is 0.633. The third-order valence-electron chi connectivity index (χ3n) is 3.38. The molecule has 2 N–H and O–H groups in total. The molecule has 2 aromatic rings. The fourth-order valence-electron chi connectivity index (χ4n) is 2.08. The first kappa shape index (κ1) is 20.4. The van der Waals surface area contributed by atoms with Crippen molar-refractivity contribution in [1.29, 1.82) is 0 Å². The Hall–Kier alpha value is -1.93. The van der Waals surface area contributed by atoms with Crippen molar-refractivity contribution in [3.8, 4) is 5.75 Å². The van der Waals surface area contributed by atoms with Crippen molar-refractivity contribution in [2.45, 2.75) is 17.5 Å². The lowest BCUT2D eigenvalue weighted by Gasteiger charge is -2.12. The predicted molar refractivity (Wildman–Crippen MR) is 104 cm³/mol. The molecule has 0 aliphatic carbocycles. The minimum Gasteiger partial charge on any atom is -0.497 e. The van der Waals surface area contributed by atoms with Gasteiger partial charge in [0.25, 0.3) is 0 Å². The zero-order valence-corrected chi connectivity index (χ0v) is 15.7. The van der Waals surface area contributed by atoms with Crippen molar-refractivity contribution in [2.24, 2.45) is 0 Å². The summed E-state index contributed by atoms with van der Waals surface area (Å²) in [5.41, 5.74) is -0.397. The first-order valence-electron chi connectivity index (χ1n) is 7.87. The molecule has 0 spiro atoms. The van der Waals surface area contributed by atoms with Crippen LogP contribution in [0.3, 0.4) is 0 Å². The van der Waals surface area contributed by atoms with Crippen LogP contribution in [0.1, 0.15) is 12.0 Å². The molecule has 26 heavy (non-hydrogen) atoms. The van der Waals surface area contributed by atoms with Crippen LogP contribution in [0.25, 0.3) is 0 Å². The van der Waals surface area contributed by atoms with Gasteiger partial charge in [0.1, 0.15) is 5.75 Å². The molecule has 0 radical (unpaired) electrons. The van der Waals surface area contributed by atoms with E-state index in [2.05, 4.69) is 10.6 Å². The number of methoxy groups -OCH3 is 1. The van der Waals surface area contributed by atoms with Crippen molar-refractivity contribution >= 4 is 34.8 Å². The molecule has 0 bridgehead atoms. The normalized spacial score (nSPS) is 11.1. The lowest BCUT2D eigenvalue weighted by molar-refractivity contribution is -0.137. The Bertz CT molecular complexity index is 721. The van der Waals surface area contributed by atoms with Gasteiger partial charge in [0, 0.05) is 17.1 Å². The molecule has 3 nitrogen and oxygen atoms in total. The van der Waals surface area contributed by atoms with Crippen LogP contribution >= 0.6 is 24.0 Å². The van der Waals surface area contributed by atoms with Gasteiger partial charge in [-0.15, -0.1) is 11.8 Å². The fourth-order valence-corrected chi connectivity index (χ4v) is 3.16. The van der Waals surface area contributed by atoms with Gasteiger partial charge in [0.15, 0.2) is 5.11 Å². The van der Waals surface area contributed by atoms with E-state index in [0.717, 1.165) is 35.0 Å². The summed E-state index contributed by atoms with van der Waals surface area (Å²) >= 11 is 6.83. The molecule has 0 atom stereocenters. The van der Waals surface area contributed by atoms with Crippen molar-refractivity contribution in [1.82, 2.24) is 5.32 Å². The molecule has 2 rings (SSSR count). The van der Waals surface area contributed by atoms with Crippen LogP contribution in [0.5, 0.6) is 5.75 Å². The number of thioether (sulfide) groups is 1. The fraction of sp³-hybridized carbons (Fsp3) is 0.278. The summed E-state index contributed by atoms with van der Waals surface area (Å²) in [5, 5.41) is 6.08. The van der Waals surface area contributed by atoms with Gasteiger partial charge in [-0.2, -0.15) is 13.2 Å². The number of benzene rings is 2. The Morgan fingerprint density at radius 3 is 2.54 bits per heavy atom. The smallest absolute Gasteiger partial charge is 0.416 e. The molecule has 0 unspecified atom stereocenters. The highest BCUT2D eigenvalue weighted by atomic mass is 32.2. The number of anilines is 1. The molecular weight excluding hydrogens is 381 g/mol. The summed E-state index contributed by atoms with van der Waals surface area (Å²) < 4.78 is 43.2. The Balaban J connectivity index is 1.69. The number of halogens is 3. The van der Waals surface area contributed by atoms with E-state index in [1.807, 2.05) is 24.3 Å². The zero-order valence-electron chi connectivity index (χ0n) is 14.1. The standard InChI is InChI=1S/C18H19F3N2OS2/c1-24-15-6-8-16(9-7-15)26-11-3-10-22-17(25)23-14-5-2-4-13(12-14)18(19,20)21/h2,4-9,12H,3,10-11H2,1H3,(H2,22,23,25). The highest BCUT2D eigenvalue weighted by Crippen LogP contribution is 2.30. The van der Waals surface area contributed by atoms with Gasteiger partial charge >= 0.3 is 6.18 Å². The van der Waals surface area contributed by atoms with Crippen LogP contribution in [0.15, 0.2) is 53.4 Å². The number of hydrogen-bond acceptors (Lipinski definition) is 3. The predicted octanol–water partition coefficient (Wildman–Crippen LogP) is 5.18. The molecular formula is C18H19F3N2OS2. The molecule has 0 amide bonds. The second kappa shape index (κ2) is 9.68. The topological polar surface area (TPSA) is 33.3 Å². The van der Waals surface area contributed by atoms with Gasteiger partial charge in [-0.25, -0.2) is 0 Å². The van der Waals surface area contributed by atoms with E-state index >= 15 is 0 Å². The van der Waals surface area contributed by atoms with Crippen molar-refractivity contribution < 1.29 is 17.9 Å². The van der Waals surface area contributed by atoms with Gasteiger partial charge in [0.2, 0.25) is 0 Å². The molecule has 2 aromatic carbocycles. The van der Waals surface area contributed by atoms with Crippen LogP contribution in [0.4, 0.5) is 18.9 Å². The Kier molecular flexibility index (Phi) is 7.59. The molecule has 0 fully saturated rings. The van der Waals surface area contributed by atoms with Crippen LogP contribution in [-0.2, 0) is 6.18 Å². The van der Waals surface area contributed by atoms with E-state index in [9.17, 15) is 13.2 Å². The number of nitrogens with one attached hydrogen (secondary N) is 2. The number of rotatable bonds is 7. The lowest BCUT2D eigenvalue weighted by Crippen LogP contribution is -2.29. The summed E-state index contributed by atoms with van der Waals surface area (Å²) in [6, 6.07) is 12.8. The Morgan fingerprint density at radius 1 is 1.15 bits per heavy atom. The average molecular weight is 400 g/mol. The molecule has 0 aromatic heterocycles. The summed E-state index contributed by atoms with van der Waals surface area (Å²) in [4.78, 5) is 1.15. The number of thiocarbonyl (C=S) groups is 1. The highest BCUT2D eigenvalue weighted by Gasteiger charge is 2.30. The quantitative estimate of drug-likeness (QED) is 0.380. The van der Waals surface area contributed by atoms with Gasteiger partial charge in [0.05, 0.1) is 12.7 Å². The van der Waals surface area contributed by atoms with Gasteiger partial charge in [-0.05, 0) is 66.9 Å². The summed E-state index contributed by atoms with van der Waals surface area (Å²) in [7, 11) is 1.63. The third kappa shape index (κ3) is 6.76. The molecule has 0 aliphatic heterocycles. The third-order valence-corrected chi connectivity index (χ3v) is 4.73. The number of alkyl halides is 3. The number of ether oxygens (including phenoxy) is 1. The number of hydrogen-bond donors (Lipinski definition) is 2. The van der Waals surface area contributed by atoms with Crippen LogP contribution in [0.2, 0.25) is 0 Å². The maximum absolute atomic E-state index is 12.7. The second-order valence-electron chi connectivity index (χ2n) is 5.34. The molecule has 140 valence electrons. The van der Waals surface area contributed by atoms with Crippen LogP contribution in [0, 0.1) is 0 Å². The first-order chi connectivity index (χ1) is 12.4. The van der Waals surface area contributed by atoms with Gasteiger partial charge < -0.3 is 15.4 Å². The van der Waals surface area contributed by atoms with E-state index in [4.69, 9.17) is 17.0 Å². The minimum atomic E-state index is -4.37. The Labute approximate surface area is 160 Å². The van der Waals surface area contributed by atoms with E-state index in [-0.39, 0.29) is 0 Å². The van der Waals surface area contributed by atoms with Gasteiger partial charge in [-0.1, -0.05) is 6.07 Å². The molecule has 0 saturated carbocycles. The van der Waals surface area contributed by atoms with E-state index in [1.165, 1.54) is 6.07 Å². The maximum atomic E-state index is 12.7. The molecule has 0 saturated heterocycles. The van der Waals surface area contributed by atoms with Crippen LogP contribution < -0.4 is 15.4 Å². The molecule has 8 heteroatoms. The highest BCUT2D eigenvalue weighted by molar-refractivity contribution is 7.99. The largest absolute Gasteiger partial charge is 0.497 e. The zero-order chi connectivity index (χ0) is 19.0. The Morgan fingerprint density at radius 2 is 1.88 bits per heavy atom.